The molecule has 4 rings (SSSR count). The summed E-state index contributed by atoms with van der Waals surface area (Å²) < 4.78 is 30.0. The van der Waals surface area contributed by atoms with E-state index in [9.17, 15) is 23.3 Å². The van der Waals surface area contributed by atoms with E-state index in [4.69, 9.17) is 4.42 Å². The van der Waals surface area contributed by atoms with Crippen molar-refractivity contribution in [3.63, 3.8) is 0 Å². The molecular weight excluding hydrogens is 432 g/mol. The monoisotopic (exact) mass is 446 g/mol. The van der Waals surface area contributed by atoms with Crippen molar-refractivity contribution < 1.29 is 17.6 Å². The molecule has 0 unspecified atom stereocenters. The Labute approximate surface area is 183 Å². The van der Waals surface area contributed by atoms with Gasteiger partial charge in [0.1, 0.15) is 11.9 Å². The lowest BCUT2D eigenvalue weighted by Crippen LogP contribution is -2.18. The second-order valence-corrected chi connectivity index (χ2v) is 7.39. The van der Waals surface area contributed by atoms with Crippen LogP contribution in [0.25, 0.3) is 11.0 Å². The minimum Gasteiger partial charge on any atom is -0.422 e. The molecule has 0 spiro atoms. The molecule has 32 heavy (non-hydrogen) atoms. The SMILES string of the molecule is N#Cc1ccccc1N(c1cc(NC(=O)c2cccc3ccc(=O)oc23)ccn1)[SH](=O)=O. The van der Waals surface area contributed by atoms with Gasteiger partial charge in [0.15, 0.2) is 5.58 Å². The van der Waals surface area contributed by atoms with Crippen molar-refractivity contribution in [1.82, 2.24) is 4.98 Å². The maximum atomic E-state index is 12.9. The lowest BCUT2D eigenvalue weighted by molar-refractivity contribution is 0.102. The second kappa shape index (κ2) is 8.71. The van der Waals surface area contributed by atoms with Gasteiger partial charge in [-0.15, -0.1) is 0 Å². The van der Waals surface area contributed by atoms with Gasteiger partial charge in [-0.1, -0.05) is 24.3 Å². The number of nitrogens with zero attached hydrogens (tertiary/aromatic N) is 3. The lowest BCUT2D eigenvalue weighted by atomic mass is 10.1. The van der Waals surface area contributed by atoms with Crippen LogP contribution in [0.15, 0.2) is 82.1 Å². The van der Waals surface area contributed by atoms with Gasteiger partial charge < -0.3 is 9.73 Å². The molecule has 0 atom stereocenters. The van der Waals surface area contributed by atoms with Crippen molar-refractivity contribution >= 4 is 45.0 Å². The Bertz CT molecular complexity index is 1510. The number of benzene rings is 2. The average molecular weight is 446 g/mol. The predicted octanol–water partition coefficient (Wildman–Crippen LogP) is 2.98. The van der Waals surface area contributed by atoms with Crippen LogP contribution in [-0.4, -0.2) is 19.3 Å². The van der Waals surface area contributed by atoms with E-state index in [1.54, 1.807) is 30.3 Å². The predicted molar refractivity (Wildman–Crippen MR) is 118 cm³/mol. The molecular formula is C22H14N4O5S. The van der Waals surface area contributed by atoms with E-state index in [0.717, 1.165) is 4.31 Å². The van der Waals surface area contributed by atoms with Crippen LogP contribution in [0.1, 0.15) is 15.9 Å². The number of fused-ring (bicyclic) bond motifs is 1. The molecule has 2 aromatic carbocycles. The molecule has 0 radical (unpaired) electrons. The minimum atomic E-state index is -3.18. The highest BCUT2D eigenvalue weighted by atomic mass is 32.2. The molecule has 4 aromatic rings. The molecule has 0 aliphatic carbocycles. The number of carbonyl (C=O) groups excluding carboxylic acids is 1. The number of aromatic nitrogens is 1. The standard InChI is InChI=1S/C22H14N4O5S/c23-13-15-4-1-2-7-18(15)26(32(29)30)19-12-16(10-11-24-19)25-22(28)17-6-3-5-14-8-9-20(27)31-21(14)17/h1-12,32H,(H,24,25,28). The van der Waals surface area contributed by atoms with Crippen molar-refractivity contribution in [2.45, 2.75) is 0 Å². The number of thiol groups is 1. The molecule has 0 fully saturated rings. The zero-order chi connectivity index (χ0) is 22.7. The fraction of sp³-hybridized carbons (Fsp3) is 0. The number of nitrogens with one attached hydrogen (secondary N) is 1. The number of hydrogen-bond acceptors (Lipinski definition) is 7. The summed E-state index contributed by atoms with van der Waals surface area (Å²) >= 11 is 0. The third kappa shape index (κ3) is 4.05. The maximum Gasteiger partial charge on any atom is 0.336 e. The van der Waals surface area contributed by atoms with Crippen molar-refractivity contribution in [1.29, 1.82) is 5.26 Å². The number of carbonyl (C=O) groups is 1. The van der Waals surface area contributed by atoms with Crippen LogP contribution in [0, 0.1) is 11.3 Å². The minimum absolute atomic E-state index is 0.00828. The number of para-hydroxylation sites is 2. The molecule has 0 aliphatic heterocycles. The molecule has 0 saturated heterocycles. The fourth-order valence-electron chi connectivity index (χ4n) is 3.13. The van der Waals surface area contributed by atoms with E-state index in [2.05, 4.69) is 10.3 Å². The van der Waals surface area contributed by atoms with Gasteiger partial charge in [-0.2, -0.15) is 5.26 Å². The number of amides is 1. The van der Waals surface area contributed by atoms with E-state index in [0.29, 0.717) is 5.39 Å². The highest BCUT2D eigenvalue weighted by Gasteiger charge is 2.18. The summed E-state index contributed by atoms with van der Waals surface area (Å²) in [5.41, 5.74) is 0.229. The van der Waals surface area contributed by atoms with Gasteiger partial charge in [0.2, 0.25) is 10.9 Å². The number of hydrogen-bond donors (Lipinski definition) is 2. The van der Waals surface area contributed by atoms with Crippen LogP contribution in [0.5, 0.6) is 0 Å². The van der Waals surface area contributed by atoms with Crippen molar-refractivity contribution in [3.8, 4) is 6.07 Å². The van der Waals surface area contributed by atoms with E-state index < -0.39 is 22.4 Å². The number of rotatable bonds is 5. The normalized spacial score (nSPS) is 10.6. The third-order valence-electron chi connectivity index (χ3n) is 4.53. The summed E-state index contributed by atoms with van der Waals surface area (Å²) in [4.78, 5) is 28.5. The summed E-state index contributed by atoms with van der Waals surface area (Å²) in [5, 5.41) is 12.6. The summed E-state index contributed by atoms with van der Waals surface area (Å²) in [6.07, 6.45) is 1.33. The third-order valence-corrected chi connectivity index (χ3v) is 5.28. The van der Waals surface area contributed by atoms with Crippen molar-refractivity contribution in [2.24, 2.45) is 0 Å². The molecule has 1 N–H and O–H groups in total. The number of pyridine rings is 1. The molecule has 0 saturated carbocycles. The lowest BCUT2D eigenvalue weighted by Gasteiger charge is -2.18. The van der Waals surface area contributed by atoms with Crippen LogP contribution in [-0.2, 0) is 10.9 Å². The number of nitriles is 1. The van der Waals surface area contributed by atoms with Gasteiger partial charge in [0.25, 0.3) is 5.91 Å². The average Bonchev–Trinajstić information content (AvgIpc) is 2.79. The van der Waals surface area contributed by atoms with Gasteiger partial charge in [-0.25, -0.2) is 22.5 Å². The first-order valence-corrected chi connectivity index (χ1v) is 10.3. The van der Waals surface area contributed by atoms with E-state index in [-0.39, 0.29) is 33.9 Å². The Morgan fingerprint density at radius 1 is 1.06 bits per heavy atom. The Balaban J connectivity index is 1.71. The van der Waals surface area contributed by atoms with Gasteiger partial charge in [0.05, 0.1) is 16.8 Å². The molecule has 9 nitrogen and oxygen atoms in total. The smallest absolute Gasteiger partial charge is 0.336 e. The summed E-state index contributed by atoms with van der Waals surface area (Å²) in [5.74, 6) is -0.566. The summed E-state index contributed by atoms with van der Waals surface area (Å²) in [6, 6.07) is 18.6. The van der Waals surface area contributed by atoms with Gasteiger partial charge in [-0.05, 0) is 30.3 Å². The maximum absolute atomic E-state index is 12.9. The molecule has 0 aliphatic rings. The van der Waals surface area contributed by atoms with Gasteiger partial charge >= 0.3 is 5.63 Å². The highest BCUT2D eigenvalue weighted by Crippen LogP contribution is 2.29. The zero-order valence-electron chi connectivity index (χ0n) is 16.3. The van der Waals surface area contributed by atoms with Crippen LogP contribution < -0.4 is 15.2 Å². The van der Waals surface area contributed by atoms with Gasteiger partial charge in [0, 0.05) is 29.4 Å². The molecule has 10 heteroatoms. The fourth-order valence-corrected chi connectivity index (χ4v) is 3.76. The Morgan fingerprint density at radius 2 is 1.88 bits per heavy atom. The van der Waals surface area contributed by atoms with Crippen molar-refractivity contribution in [3.05, 3.63) is 94.5 Å². The first kappa shape index (κ1) is 20.8. The topological polar surface area (TPSA) is 133 Å². The van der Waals surface area contributed by atoms with E-state index in [1.807, 2.05) is 6.07 Å². The Morgan fingerprint density at radius 3 is 2.66 bits per heavy atom. The molecule has 158 valence electrons. The molecule has 1 amide bonds. The second-order valence-electron chi connectivity index (χ2n) is 6.51. The summed E-state index contributed by atoms with van der Waals surface area (Å²) in [7, 11) is -3.18. The Hall–Kier alpha value is -4.49. The molecule has 2 heterocycles. The van der Waals surface area contributed by atoms with Crippen LogP contribution in [0.3, 0.4) is 0 Å². The van der Waals surface area contributed by atoms with Crippen LogP contribution in [0.2, 0.25) is 0 Å². The molecule has 0 bridgehead atoms. The Kier molecular flexibility index (Phi) is 5.65. The largest absolute Gasteiger partial charge is 0.422 e. The summed E-state index contributed by atoms with van der Waals surface area (Å²) in [6.45, 7) is 0. The highest BCUT2D eigenvalue weighted by molar-refractivity contribution is 7.74. The molecule has 2 aromatic heterocycles. The van der Waals surface area contributed by atoms with Crippen LogP contribution in [0.4, 0.5) is 17.2 Å². The van der Waals surface area contributed by atoms with E-state index >= 15 is 0 Å². The number of anilines is 3. The quantitative estimate of drug-likeness (QED) is 0.356. The van der Waals surface area contributed by atoms with Gasteiger partial charge in [-0.3, -0.25) is 4.79 Å². The van der Waals surface area contributed by atoms with E-state index in [1.165, 1.54) is 42.6 Å². The van der Waals surface area contributed by atoms with Crippen LogP contribution >= 0.6 is 0 Å². The first-order valence-electron chi connectivity index (χ1n) is 9.22. The van der Waals surface area contributed by atoms with Crippen molar-refractivity contribution in [2.75, 3.05) is 9.62 Å². The first-order chi connectivity index (χ1) is 15.5. The zero-order valence-corrected chi connectivity index (χ0v) is 17.2.